The van der Waals surface area contributed by atoms with Gasteiger partial charge in [0.05, 0.1) is 0 Å². The van der Waals surface area contributed by atoms with Crippen molar-refractivity contribution in [2.75, 3.05) is 44.6 Å². The van der Waals surface area contributed by atoms with E-state index in [-0.39, 0.29) is 9.65 Å². The second kappa shape index (κ2) is 7.21. The van der Waals surface area contributed by atoms with Crippen LogP contribution in [0.5, 0.6) is 11.5 Å². The molecule has 2 N–H and O–H groups in total. The third kappa shape index (κ3) is 3.43. The molecule has 4 rings (SSSR count). The molecule has 0 saturated heterocycles. The number of benzene rings is 1. The van der Waals surface area contributed by atoms with Gasteiger partial charge in [0.25, 0.3) is 0 Å². The maximum absolute atomic E-state index is 5.75. The second-order valence-corrected chi connectivity index (χ2v) is 6.49. The van der Waals surface area contributed by atoms with Crippen LogP contribution in [0.2, 0.25) is 0 Å². The smallest absolute Gasteiger partial charge is 0.231 e. The van der Waals surface area contributed by atoms with Gasteiger partial charge in [-0.15, -0.1) is 0 Å². The van der Waals surface area contributed by atoms with Gasteiger partial charge in [-0.05, 0) is 44.1 Å². The minimum atomic E-state index is 0. The summed E-state index contributed by atoms with van der Waals surface area (Å²) in [6.07, 6.45) is 6.16. The van der Waals surface area contributed by atoms with Crippen LogP contribution in [0, 0.1) is 0 Å². The molecule has 1 aromatic heterocycles. The van der Waals surface area contributed by atoms with Gasteiger partial charge in [-0.25, -0.2) is 4.98 Å². The first kappa shape index (κ1) is 16.7. The van der Waals surface area contributed by atoms with E-state index in [9.17, 15) is 0 Å². The maximum Gasteiger partial charge on any atom is 0.231 e. The van der Waals surface area contributed by atoms with Gasteiger partial charge in [-0.1, -0.05) is 6.08 Å². The van der Waals surface area contributed by atoms with E-state index in [2.05, 4.69) is 44.7 Å². The SMILES string of the molecule is CNc1ccnc(Nc2cc3c(c(C4=CCN(C)CCC4)c2)OCO3)n1.[HH].[HH]. The highest BCUT2D eigenvalue weighted by Gasteiger charge is 2.22. The van der Waals surface area contributed by atoms with Crippen LogP contribution in [0.25, 0.3) is 5.57 Å². The standard InChI is InChI=1S/C19H23N5O2.2H2/c1-20-17-5-7-21-19(23-17)22-14-10-15(18-16(11-14)25-12-26-18)13-4-3-8-24(2)9-6-13;;/h5-7,10-11H,3-4,8-9,12H2,1-2H3,(H2,20,21,22,23);2*1H. The molecule has 0 spiro atoms. The van der Waals surface area contributed by atoms with Gasteiger partial charge >= 0.3 is 0 Å². The number of aromatic nitrogens is 2. The van der Waals surface area contributed by atoms with Crippen LogP contribution in [0.1, 0.15) is 21.3 Å². The Morgan fingerprint density at radius 2 is 2.19 bits per heavy atom. The summed E-state index contributed by atoms with van der Waals surface area (Å²) in [5, 5.41) is 6.30. The molecule has 140 valence electrons. The van der Waals surface area contributed by atoms with Crippen LogP contribution in [0.3, 0.4) is 0 Å². The third-order valence-electron chi connectivity index (χ3n) is 4.62. The lowest BCUT2D eigenvalue weighted by molar-refractivity contribution is 0.173. The molecule has 2 aliphatic heterocycles. The normalized spacial score (nSPS) is 16.8. The molecule has 2 aromatic rings. The molecule has 0 unspecified atom stereocenters. The molecule has 0 aliphatic carbocycles. The number of allylic oxidation sites excluding steroid dienone is 1. The van der Waals surface area contributed by atoms with Gasteiger partial charge in [0.2, 0.25) is 12.7 Å². The monoisotopic (exact) mass is 357 g/mol. The topological polar surface area (TPSA) is 71.5 Å². The predicted octanol–water partition coefficient (Wildman–Crippen LogP) is 3.59. The fourth-order valence-corrected chi connectivity index (χ4v) is 3.25. The molecular weight excluding hydrogens is 330 g/mol. The minimum Gasteiger partial charge on any atom is -0.453 e. The molecule has 1 aromatic carbocycles. The largest absolute Gasteiger partial charge is 0.453 e. The van der Waals surface area contributed by atoms with Gasteiger partial charge in [0, 0.05) is 40.0 Å². The van der Waals surface area contributed by atoms with Crippen molar-refractivity contribution in [2.45, 2.75) is 12.8 Å². The maximum atomic E-state index is 5.75. The number of hydrogen-bond donors (Lipinski definition) is 2. The molecule has 26 heavy (non-hydrogen) atoms. The number of nitrogens with zero attached hydrogens (tertiary/aromatic N) is 3. The summed E-state index contributed by atoms with van der Waals surface area (Å²) in [4.78, 5) is 11.0. The molecule has 0 amide bonds. The molecule has 7 nitrogen and oxygen atoms in total. The van der Waals surface area contributed by atoms with Crippen molar-refractivity contribution in [2.24, 2.45) is 0 Å². The van der Waals surface area contributed by atoms with E-state index in [1.807, 2.05) is 19.2 Å². The molecule has 0 atom stereocenters. The fourth-order valence-electron chi connectivity index (χ4n) is 3.25. The molecular formula is C19H27N5O2. The average molecular weight is 357 g/mol. The first-order valence-corrected chi connectivity index (χ1v) is 8.82. The zero-order valence-electron chi connectivity index (χ0n) is 15.1. The molecule has 0 fully saturated rings. The molecule has 0 radical (unpaired) electrons. The van der Waals surface area contributed by atoms with E-state index in [0.717, 1.165) is 54.5 Å². The summed E-state index contributed by atoms with van der Waals surface area (Å²) in [5.41, 5.74) is 3.27. The van der Waals surface area contributed by atoms with Crippen LogP contribution in [-0.2, 0) is 0 Å². The van der Waals surface area contributed by atoms with E-state index in [0.29, 0.717) is 5.95 Å². The Kier molecular flexibility index (Phi) is 4.62. The number of hydrogen-bond acceptors (Lipinski definition) is 7. The Hall–Kier alpha value is -2.80. The highest BCUT2D eigenvalue weighted by molar-refractivity contribution is 5.78. The molecule has 0 bridgehead atoms. The fraction of sp³-hybridized carbons (Fsp3) is 0.368. The number of rotatable bonds is 4. The average Bonchev–Trinajstić information content (AvgIpc) is 3.02. The van der Waals surface area contributed by atoms with Gasteiger partial charge in [-0.3, -0.25) is 0 Å². The number of ether oxygens (including phenoxy) is 2. The van der Waals surface area contributed by atoms with Gasteiger partial charge < -0.3 is 25.0 Å². The molecule has 0 saturated carbocycles. The van der Waals surface area contributed by atoms with Crippen LogP contribution in [0.4, 0.5) is 17.5 Å². The summed E-state index contributed by atoms with van der Waals surface area (Å²) < 4.78 is 11.4. The lowest BCUT2D eigenvalue weighted by Crippen LogP contribution is -2.17. The number of nitrogens with one attached hydrogen (secondary N) is 2. The van der Waals surface area contributed by atoms with Crippen molar-refractivity contribution < 1.29 is 12.3 Å². The van der Waals surface area contributed by atoms with Crippen molar-refractivity contribution in [3.05, 3.63) is 36.0 Å². The lowest BCUT2D eigenvalue weighted by Gasteiger charge is -2.13. The van der Waals surface area contributed by atoms with Crippen molar-refractivity contribution in [3.8, 4) is 11.5 Å². The van der Waals surface area contributed by atoms with E-state index in [1.165, 1.54) is 5.57 Å². The molecule has 3 heterocycles. The number of likely N-dealkylation sites (N-methyl/N-ethyl adjacent to an activating group) is 1. The van der Waals surface area contributed by atoms with Gasteiger partial charge in [-0.2, -0.15) is 4.98 Å². The van der Waals surface area contributed by atoms with Crippen LogP contribution in [-0.4, -0.2) is 48.8 Å². The van der Waals surface area contributed by atoms with Crippen molar-refractivity contribution in [3.63, 3.8) is 0 Å². The summed E-state index contributed by atoms with van der Waals surface area (Å²) in [6, 6.07) is 5.85. The molecule has 2 aliphatic rings. The van der Waals surface area contributed by atoms with Crippen LogP contribution < -0.4 is 20.1 Å². The zero-order chi connectivity index (χ0) is 17.9. The van der Waals surface area contributed by atoms with Crippen LogP contribution >= 0.6 is 0 Å². The molecule has 7 heteroatoms. The first-order valence-electron chi connectivity index (χ1n) is 8.82. The summed E-state index contributed by atoms with van der Waals surface area (Å²) in [6.45, 7) is 2.29. The summed E-state index contributed by atoms with van der Waals surface area (Å²) in [5.74, 6) is 2.89. The van der Waals surface area contributed by atoms with Crippen molar-refractivity contribution in [1.82, 2.24) is 14.9 Å². The Bertz CT molecular complexity index is 847. The highest BCUT2D eigenvalue weighted by Crippen LogP contribution is 2.43. The first-order chi connectivity index (χ1) is 12.7. The predicted molar refractivity (Wildman–Crippen MR) is 106 cm³/mol. The van der Waals surface area contributed by atoms with Gasteiger partial charge in [0.1, 0.15) is 5.82 Å². The van der Waals surface area contributed by atoms with E-state index >= 15 is 0 Å². The van der Waals surface area contributed by atoms with E-state index < -0.39 is 0 Å². The quantitative estimate of drug-likeness (QED) is 0.866. The lowest BCUT2D eigenvalue weighted by atomic mass is 9.99. The Labute approximate surface area is 156 Å². The van der Waals surface area contributed by atoms with Crippen molar-refractivity contribution >= 4 is 23.0 Å². The Morgan fingerprint density at radius 1 is 1.27 bits per heavy atom. The van der Waals surface area contributed by atoms with Crippen LogP contribution in [0.15, 0.2) is 30.5 Å². The zero-order valence-corrected chi connectivity index (χ0v) is 15.1. The van der Waals surface area contributed by atoms with Crippen molar-refractivity contribution in [1.29, 1.82) is 0 Å². The second-order valence-electron chi connectivity index (χ2n) is 6.49. The minimum absolute atomic E-state index is 0. The summed E-state index contributed by atoms with van der Waals surface area (Å²) >= 11 is 0. The Balaban J connectivity index is 0.00000140. The number of anilines is 3. The van der Waals surface area contributed by atoms with Gasteiger partial charge in [0.15, 0.2) is 11.5 Å². The van der Waals surface area contributed by atoms with E-state index in [1.54, 1.807) is 6.20 Å². The van der Waals surface area contributed by atoms with E-state index in [4.69, 9.17) is 9.47 Å². The Morgan fingerprint density at radius 3 is 3.08 bits per heavy atom. The summed E-state index contributed by atoms with van der Waals surface area (Å²) in [7, 11) is 3.98. The third-order valence-corrected chi connectivity index (χ3v) is 4.62. The number of fused-ring (bicyclic) bond motifs is 1. The highest BCUT2D eigenvalue weighted by atomic mass is 16.7.